The summed E-state index contributed by atoms with van der Waals surface area (Å²) in [5.41, 5.74) is 1.14. The van der Waals surface area contributed by atoms with Gasteiger partial charge < -0.3 is 15.7 Å². The number of aryl methyl sites for hydroxylation is 1. The number of hydrogen-bond acceptors (Lipinski definition) is 2. The van der Waals surface area contributed by atoms with E-state index in [0.29, 0.717) is 5.69 Å². The van der Waals surface area contributed by atoms with Crippen molar-refractivity contribution in [2.45, 2.75) is 40.7 Å². The second-order valence-electron chi connectivity index (χ2n) is 6.04. The number of carboxylic acid groups (broad SMARTS) is 1. The SMILES string of the molecule is Cc1ccc(NC(=O)NC(C)C(C)(C)C)c(C(=O)O)c1. The molecule has 0 saturated heterocycles. The van der Waals surface area contributed by atoms with Gasteiger partial charge in [0.1, 0.15) is 0 Å². The average Bonchev–Trinajstić information content (AvgIpc) is 2.29. The summed E-state index contributed by atoms with van der Waals surface area (Å²) in [7, 11) is 0. The third kappa shape index (κ3) is 4.26. The average molecular weight is 278 g/mol. The van der Waals surface area contributed by atoms with E-state index in [4.69, 9.17) is 5.11 Å². The van der Waals surface area contributed by atoms with Crippen LogP contribution in [-0.2, 0) is 0 Å². The molecule has 110 valence electrons. The maximum Gasteiger partial charge on any atom is 0.337 e. The quantitative estimate of drug-likeness (QED) is 0.794. The fraction of sp³-hybridized carbons (Fsp3) is 0.467. The third-order valence-electron chi connectivity index (χ3n) is 3.30. The van der Waals surface area contributed by atoms with Crippen molar-refractivity contribution in [3.8, 4) is 0 Å². The summed E-state index contributed by atoms with van der Waals surface area (Å²) in [5, 5.41) is 14.5. The summed E-state index contributed by atoms with van der Waals surface area (Å²) in [5.74, 6) is -1.06. The molecule has 1 atom stereocenters. The van der Waals surface area contributed by atoms with Crippen molar-refractivity contribution in [1.29, 1.82) is 0 Å². The minimum absolute atomic E-state index is 0.0405. The summed E-state index contributed by atoms with van der Waals surface area (Å²) in [6, 6.07) is 4.44. The van der Waals surface area contributed by atoms with Gasteiger partial charge in [-0.25, -0.2) is 9.59 Å². The molecule has 0 aliphatic carbocycles. The van der Waals surface area contributed by atoms with Gasteiger partial charge in [-0.3, -0.25) is 0 Å². The molecule has 5 nitrogen and oxygen atoms in total. The van der Waals surface area contributed by atoms with E-state index in [2.05, 4.69) is 10.6 Å². The van der Waals surface area contributed by atoms with Crippen molar-refractivity contribution in [2.24, 2.45) is 5.41 Å². The first-order valence-corrected chi connectivity index (χ1v) is 6.52. The Balaban J connectivity index is 2.84. The second-order valence-corrected chi connectivity index (χ2v) is 6.04. The lowest BCUT2D eigenvalue weighted by molar-refractivity contribution is 0.0698. The molecule has 0 bridgehead atoms. The summed E-state index contributed by atoms with van der Waals surface area (Å²) >= 11 is 0. The van der Waals surface area contributed by atoms with Gasteiger partial charge in [0.05, 0.1) is 11.3 Å². The summed E-state index contributed by atoms with van der Waals surface area (Å²) < 4.78 is 0. The fourth-order valence-corrected chi connectivity index (χ4v) is 1.52. The molecule has 1 aromatic rings. The van der Waals surface area contributed by atoms with Crippen LogP contribution in [0.4, 0.5) is 10.5 Å². The second kappa shape index (κ2) is 5.94. The van der Waals surface area contributed by atoms with Gasteiger partial charge in [0, 0.05) is 6.04 Å². The van der Waals surface area contributed by atoms with Crippen molar-refractivity contribution >= 4 is 17.7 Å². The van der Waals surface area contributed by atoms with Crippen molar-refractivity contribution in [2.75, 3.05) is 5.32 Å². The number of carbonyl (C=O) groups is 2. The van der Waals surface area contributed by atoms with Crippen molar-refractivity contribution < 1.29 is 14.7 Å². The van der Waals surface area contributed by atoms with Crippen LogP contribution in [0.15, 0.2) is 18.2 Å². The standard InChI is InChI=1S/C15H22N2O3/c1-9-6-7-12(11(8-9)13(18)19)17-14(20)16-10(2)15(3,4)5/h6-8,10H,1-5H3,(H,18,19)(H2,16,17,20). The molecule has 0 radical (unpaired) electrons. The maximum atomic E-state index is 11.9. The molecule has 0 saturated carbocycles. The van der Waals surface area contributed by atoms with Crippen LogP contribution < -0.4 is 10.6 Å². The molecule has 1 rings (SSSR count). The van der Waals surface area contributed by atoms with E-state index in [1.807, 2.05) is 27.7 Å². The highest BCUT2D eigenvalue weighted by Crippen LogP contribution is 2.20. The molecule has 0 aliphatic rings. The number of rotatable bonds is 3. The molecular formula is C15H22N2O3. The minimum Gasteiger partial charge on any atom is -0.478 e. The smallest absolute Gasteiger partial charge is 0.337 e. The predicted molar refractivity (Wildman–Crippen MR) is 79.2 cm³/mol. The van der Waals surface area contributed by atoms with Gasteiger partial charge in [-0.1, -0.05) is 32.4 Å². The topological polar surface area (TPSA) is 78.4 Å². The molecule has 0 spiro atoms. The zero-order valence-electron chi connectivity index (χ0n) is 12.6. The number of anilines is 1. The number of benzene rings is 1. The number of nitrogens with one attached hydrogen (secondary N) is 2. The largest absolute Gasteiger partial charge is 0.478 e. The summed E-state index contributed by atoms with van der Waals surface area (Å²) in [6.45, 7) is 9.77. The molecule has 20 heavy (non-hydrogen) atoms. The first-order chi connectivity index (χ1) is 9.11. The molecular weight excluding hydrogens is 256 g/mol. The molecule has 5 heteroatoms. The van der Waals surface area contributed by atoms with Crippen LogP contribution in [0.25, 0.3) is 0 Å². The van der Waals surface area contributed by atoms with Crippen LogP contribution in [0, 0.1) is 12.3 Å². The lowest BCUT2D eigenvalue weighted by atomic mass is 9.88. The summed E-state index contributed by atoms with van der Waals surface area (Å²) in [6.07, 6.45) is 0. The zero-order valence-corrected chi connectivity index (χ0v) is 12.6. The Morgan fingerprint density at radius 1 is 1.25 bits per heavy atom. The van der Waals surface area contributed by atoms with Crippen LogP contribution in [-0.4, -0.2) is 23.1 Å². The molecule has 0 aliphatic heterocycles. The van der Waals surface area contributed by atoms with E-state index in [9.17, 15) is 9.59 Å². The van der Waals surface area contributed by atoms with E-state index in [1.54, 1.807) is 19.1 Å². The van der Waals surface area contributed by atoms with Crippen LogP contribution >= 0.6 is 0 Å². The van der Waals surface area contributed by atoms with Crippen LogP contribution in [0.3, 0.4) is 0 Å². The lowest BCUT2D eigenvalue weighted by Gasteiger charge is -2.28. The Bertz CT molecular complexity index is 518. The van der Waals surface area contributed by atoms with E-state index in [-0.39, 0.29) is 17.0 Å². The fourth-order valence-electron chi connectivity index (χ4n) is 1.52. The van der Waals surface area contributed by atoms with Gasteiger partial charge in [0.2, 0.25) is 0 Å². The van der Waals surface area contributed by atoms with Gasteiger partial charge in [-0.2, -0.15) is 0 Å². The third-order valence-corrected chi connectivity index (χ3v) is 3.30. The van der Waals surface area contributed by atoms with E-state index < -0.39 is 12.0 Å². The molecule has 2 amide bonds. The van der Waals surface area contributed by atoms with Gasteiger partial charge >= 0.3 is 12.0 Å². The Morgan fingerprint density at radius 3 is 2.35 bits per heavy atom. The molecule has 0 fully saturated rings. The van der Waals surface area contributed by atoms with Gasteiger partial charge in [0.15, 0.2) is 0 Å². The molecule has 0 heterocycles. The Kier molecular flexibility index (Phi) is 4.76. The van der Waals surface area contributed by atoms with Gasteiger partial charge in [0.25, 0.3) is 0 Å². The van der Waals surface area contributed by atoms with Crippen molar-refractivity contribution in [3.05, 3.63) is 29.3 Å². The van der Waals surface area contributed by atoms with E-state index in [1.165, 1.54) is 6.07 Å². The molecule has 1 aromatic carbocycles. The van der Waals surface area contributed by atoms with Crippen LogP contribution in [0.2, 0.25) is 0 Å². The Hall–Kier alpha value is -2.04. The number of amides is 2. The molecule has 1 unspecified atom stereocenters. The molecule has 3 N–H and O–H groups in total. The first kappa shape index (κ1) is 16.0. The highest BCUT2D eigenvalue weighted by molar-refractivity contribution is 6.00. The molecule has 0 aromatic heterocycles. The van der Waals surface area contributed by atoms with E-state index in [0.717, 1.165) is 5.56 Å². The number of carboxylic acids is 1. The van der Waals surface area contributed by atoms with Crippen LogP contribution in [0.5, 0.6) is 0 Å². The van der Waals surface area contributed by atoms with Gasteiger partial charge in [-0.05, 0) is 31.4 Å². The van der Waals surface area contributed by atoms with Crippen molar-refractivity contribution in [1.82, 2.24) is 5.32 Å². The van der Waals surface area contributed by atoms with Crippen molar-refractivity contribution in [3.63, 3.8) is 0 Å². The number of carbonyl (C=O) groups excluding carboxylic acids is 1. The normalized spacial score (nSPS) is 12.7. The monoisotopic (exact) mass is 278 g/mol. The zero-order chi connectivity index (χ0) is 15.5. The van der Waals surface area contributed by atoms with Crippen LogP contribution in [0.1, 0.15) is 43.6 Å². The Morgan fingerprint density at radius 2 is 1.85 bits per heavy atom. The van der Waals surface area contributed by atoms with E-state index >= 15 is 0 Å². The summed E-state index contributed by atoms with van der Waals surface area (Å²) in [4.78, 5) is 23.1. The first-order valence-electron chi connectivity index (χ1n) is 6.52. The lowest BCUT2D eigenvalue weighted by Crippen LogP contribution is -2.43. The minimum atomic E-state index is -1.06. The number of hydrogen-bond donors (Lipinski definition) is 3. The highest BCUT2D eigenvalue weighted by Gasteiger charge is 2.22. The highest BCUT2D eigenvalue weighted by atomic mass is 16.4. The maximum absolute atomic E-state index is 11.9. The number of aromatic carboxylic acids is 1. The Labute approximate surface area is 119 Å². The van der Waals surface area contributed by atoms with Gasteiger partial charge in [-0.15, -0.1) is 0 Å². The number of urea groups is 1. The predicted octanol–water partition coefficient (Wildman–Crippen LogP) is 3.25.